The first-order valence-corrected chi connectivity index (χ1v) is 10.9. The molecule has 0 radical (unpaired) electrons. The van der Waals surface area contributed by atoms with E-state index in [1.807, 2.05) is 0 Å². The number of nitrogens with zero attached hydrogens (tertiary/aromatic N) is 1. The number of aromatic nitrogens is 1. The van der Waals surface area contributed by atoms with Crippen LogP contribution >= 0.6 is 0 Å². The lowest BCUT2D eigenvalue weighted by Gasteiger charge is -2.24. The minimum Gasteiger partial charge on any atom is -0.508 e. The van der Waals surface area contributed by atoms with Crippen LogP contribution in [0.4, 0.5) is 0 Å². The van der Waals surface area contributed by atoms with Crippen LogP contribution < -0.4 is 0 Å². The van der Waals surface area contributed by atoms with E-state index in [4.69, 9.17) is 9.47 Å². The van der Waals surface area contributed by atoms with Crippen molar-refractivity contribution in [1.82, 2.24) is 4.98 Å². The number of esters is 1. The number of ether oxygens (including phenoxy) is 2. The van der Waals surface area contributed by atoms with Gasteiger partial charge in [-0.25, -0.2) is 0 Å². The highest BCUT2D eigenvalue weighted by molar-refractivity contribution is 5.98. The standard InChI is InChI=1S/C26H25NO8/c1-12-23(31)21-15(10-27-12)11-35-26(21)19-8-17(13(2)28)24(32)22(25(19)33)18(9-20(30)34-3)14-5-4-6-16(29)7-14/h4-8,10,18,26,29,31-33H,9,11H2,1-3H3/t18-,26+/m1/s1. The third kappa shape index (κ3) is 4.26. The molecule has 0 unspecified atom stereocenters. The fourth-order valence-electron chi connectivity index (χ4n) is 4.44. The van der Waals surface area contributed by atoms with Crippen molar-refractivity contribution in [1.29, 1.82) is 0 Å². The lowest BCUT2D eigenvalue weighted by molar-refractivity contribution is -0.140. The fraction of sp³-hybridized carbons (Fsp3) is 0.269. The molecular weight excluding hydrogens is 454 g/mol. The molecule has 9 heteroatoms. The second-order valence-corrected chi connectivity index (χ2v) is 8.43. The number of aryl methyl sites for hydroxylation is 1. The number of hydrogen-bond donors (Lipinski definition) is 4. The highest BCUT2D eigenvalue weighted by atomic mass is 16.5. The normalized spacial score (nSPS) is 15.5. The number of phenols is 3. The van der Waals surface area contributed by atoms with Crippen LogP contribution in [-0.2, 0) is 20.9 Å². The van der Waals surface area contributed by atoms with Crippen molar-refractivity contribution in [3.8, 4) is 23.0 Å². The predicted octanol–water partition coefficient (Wildman–Crippen LogP) is 3.73. The number of hydrogen-bond acceptors (Lipinski definition) is 9. The lowest BCUT2D eigenvalue weighted by atomic mass is 9.83. The van der Waals surface area contributed by atoms with Crippen molar-refractivity contribution in [2.75, 3.05) is 7.11 Å². The Bertz CT molecular complexity index is 1330. The highest BCUT2D eigenvalue weighted by Gasteiger charge is 2.36. The zero-order chi connectivity index (χ0) is 25.4. The molecule has 4 N–H and O–H groups in total. The van der Waals surface area contributed by atoms with Gasteiger partial charge in [0.1, 0.15) is 29.1 Å². The third-order valence-electron chi connectivity index (χ3n) is 6.25. The number of fused-ring (bicyclic) bond motifs is 1. The zero-order valence-corrected chi connectivity index (χ0v) is 19.4. The van der Waals surface area contributed by atoms with Crippen LogP contribution in [0.1, 0.15) is 69.2 Å². The molecule has 0 aliphatic carbocycles. The first-order valence-electron chi connectivity index (χ1n) is 10.9. The van der Waals surface area contributed by atoms with Gasteiger partial charge >= 0.3 is 5.97 Å². The summed E-state index contributed by atoms with van der Waals surface area (Å²) in [6.07, 6.45) is 0.326. The molecule has 0 spiro atoms. The second kappa shape index (κ2) is 9.27. The average Bonchev–Trinajstić information content (AvgIpc) is 3.25. The molecule has 2 aromatic carbocycles. The molecule has 0 saturated carbocycles. The summed E-state index contributed by atoms with van der Waals surface area (Å²) in [5.41, 5.74) is 1.75. The Labute approximate surface area is 201 Å². The van der Waals surface area contributed by atoms with Gasteiger partial charge in [0.25, 0.3) is 0 Å². The van der Waals surface area contributed by atoms with Crippen molar-refractivity contribution >= 4 is 11.8 Å². The number of methoxy groups -OCH3 is 1. The predicted molar refractivity (Wildman–Crippen MR) is 124 cm³/mol. The second-order valence-electron chi connectivity index (χ2n) is 8.43. The van der Waals surface area contributed by atoms with Gasteiger partial charge in [-0.05, 0) is 37.6 Å². The van der Waals surface area contributed by atoms with E-state index in [-0.39, 0.29) is 41.2 Å². The number of Topliss-reactive ketones (excluding diaryl/α,β-unsaturated/α-hetero) is 1. The molecule has 35 heavy (non-hydrogen) atoms. The molecule has 1 aliphatic heterocycles. The molecular formula is C26H25NO8. The number of pyridine rings is 1. The van der Waals surface area contributed by atoms with E-state index >= 15 is 0 Å². The van der Waals surface area contributed by atoms with E-state index in [9.17, 15) is 30.0 Å². The summed E-state index contributed by atoms with van der Waals surface area (Å²) in [7, 11) is 1.21. The summed E-state index contributed by atoms with van der Waals surface area (Å²) in [6.45, 7) is 3.00. The highest BCUT2D eigenvalue weighted by Crippen LogP contribution is 2.50. The Morgan fingerprint density at radius 2 is 1.89 bits per heavy atom. The van der Waals surface area contributed by atoms with Gasteiger partial charge in [0, 0.05) is 34.4 Å². The van der Waals surface area contributed by atoms with Crippen molar-refractivity contribution in [2.45, 2.75) is 38.9 Å². The smallest absolute Gasteiger partial charge is 0.306 e. The third-order valence-corrected chi connectivity index (χ3v) is 6.25. The first kappa shape index (κ1) is 24.0. The van der Waals surface area contributed by atoms with E-state index in [1.54, 1.807) is 25.3 Å². The van der Waals surface area contributed by atoms with Crippen molar-refractivity contribution in [2.24, 2.45) is 0 Å². The minimum atomic E-state index is -0.971. The molecule has 0 saturated heterocycles. The number of aromatic hydroxyl groups is 4. The van der Waals surface area contributed by atoms with Gasteiger partial charge in [0.15, 0.2) is 5.78 Å². The Balaban J connectivity index is 1.99. The number of phenolic OH excluding ortho intramolecular Hbond substituents is 3. The molecule has 9 nitrogen and oxygen atoms in total. The molecule has 2 atom stereocenters. The van der Waals surface area contributed by atoms with Gasteiger partial charge in [-0.3, -0.25) is 14.6 Å². The minimum absolute atomic E-state index is 0.0831. The molecule has 3 aromatic rings. The van der Waals surface area contributed by atoms with Crippen molar-refractivity contribution in [3.05, 3.63) is 75.6 Å². The molecule has 2 heterocycles. The molecule has 1 aromatic heterocycles. The molecule has 0 fully saturated rings. The van der Waals surface area contributed by atoms with Gasteiger partial charge in [-0.15, -0.1) is 0 Å². The van der Waals surface area contributed by atoms with E-state index in [0.717, 1.165) is 0 Å². The summed E-state index contributed by atoms with van der Waals surface area (Å²) in [5.74, 6) is -3.16. The molecule has 0 bridgehead atoms. The van der Waals surface area contributed by atoms with Crippen LogP contribution in [-0.4, -0.2) is 44.3 Å². The Morgan fingerprint density at radius 1 is 1.14 bits per heavy atom. The van der Waals surface area contributed by atoms with Crippen LogP contribution in [0.2, 0.25) is 0 Å². The van der Waals surface area contributed by atoms with Crippen LogP contribution in [0.25, 0.3) is 0 Å². The van der Waals surface area contributed by atoms with Gasteiger partial charge in [-0.2, -0.15) is 0 Å². The summed E-state index contributed by atoms with van der Waals surface area (Å²) < 4.78 is 10.7. The van der Waals surface area contributed by atoms with Gasteiger partial charge in [0.05, 0.1) is 31.4 Å². The largest absolute Gasteiger partial charge is 0.508 e. The van der Waals surface area contributed by atoms with E-state index in [2.05, 4.69) is 4.98 Å². The number of rotatable bonds is 6. The maximum Gasteiger partial charge on any atom is 0.306 e. The first-order chi connectivity index (χ1) is 16.6. The Hall–Kier alpha value is -4.11. The van der Waals surface area contributed by atoms with Crippen molar-refractivity contribution in [3.63, 3.8) is 0 Å². The van der Waals surface area contributed by atoms with Gasteiger partial charge < -0.3 is 29.9 Å². The van der Waals surface area contributed by atoms with E-state index in [1.165, 1.54) is 32.2 Å². The lowest BCUT2D eigenvalue weighted by Crippen LogP contribution is -2.13. The summed E-state index contributed by atoms with van der Waals surface area (Å²) >= 11 is 0. The van der Waals surface area contributed by atoms with Crippen LogP contribution in [0.3, 0.4) is 0 Å². The summed E-state index contributed by atoms with van der Waals surface area (Å²) in [4.78, 5) is 28.9. The fourth-order valence-corrected chi connectivity index (χ4v) is 4.44. The SMILES string of the molecule is COC(=O)C[C@H](c1cccc(O)c1)c1c(O)c(C(C)=O)cc([C@@H]2OCc3cnc(C)c(O)c32)c1O. The summed E-state index contributed by atoms with van der Waals surface area (Å²) in [5, 5.41) is 43.2. The van der Waals surface area contributed by atoms with Crippen LogP contribution in [0, 0.1) is 6.92 Å². The quantitative estimate of drug-likeness (QED) is 0.307. The van der Waals surface area contributed by atoms with Crippen LogP contribution in [0.5, 0.6) is 23.0 Å². The number of benzene rings is 2. The van der Waals surface area contributed by atoms with E-state index in [0.29, 0.717) is 22.4 Å². The summed E-state index contributed by atoms with van der Waals surface area (Å²) in [6, 6.07) is 7.34. The van der Waals surface area contributed by atoms with Crippen molar-refractivity contribution < 1.29 is 39.5 Å². The molecule has 4 rings (SSSR count). The maximum absolute atomic E-state index is 12.5. The molecule has 182 valence electrons. The van der Waals surface area contributed by atoms with Gasteiger partial charge in [-0.1, -0.05) is 12.1 Å². The number of carbonyl (C=O) groups excluding carboxylic acids is 2. The molecule has 1 aliphatic rings. The number of carbonyl (C=O) groups is 2. The molecule has 0 amide bonds. The topological polar surface area (TPSA) is 146 Å². The zero-order valence-electron chi connectivity index (χ0n) is 19.4. The maximum atomic E-state index is 12.5. The van der Waals surface area contributed by atoms with Gasteiger partial charge in [0.2, 0.25) is 0 Å². The van der Waals surface area contributed by atoms with Crippen LogP contribution in [0.15, 0.2) is 36.5 Å². The average molecular weight is 479 g/mol. The Kier molecular flexibility index (Phi) is 6.36. The Morgan fingerprint density at radius 3 is 2.54 bits per heavy atom. The monoisotopic (exact) mass is 479 g/mol. The van der Waals surface area contributed by atoms with E-state index < -0.39 is 35.3 Å². The number of ketones is 1.